The predicted molar refractivity (Wildman–Crippen MR) is 87.9 cm³/mol. The Morgan fingerprint density at radius 3 is 3.04 bits per heavy atom. The highest BCUT2D eigenvalue weighted by Gasteiger charge is 2.28. The first-order valence-electron chi connectivity index (χ1n) is 8.59. The van der Waals surface area contributed by atoms with Crippen LogP contribution < -0.4 is 9.64 Å². The summed E-state index contributed by atoms with van der Waals surface area (Å²) in [6.07, 6.45) is 9.66. The van der Waals surface area contributed by atoms with Crippen LogP contribution in [0, 0.1) is 0 Å². The highest BCUT2D eigenvalue weighted by atomic mass is 16.5. The molecule has 1 aliphatic heterocycles. The van der Waals surface area contributed by atoms with Crippen LogP contribution in [0.15, 0.2) is 18.7 Å². The summed E-state index contributed by atoms with van der Waals surface area (Å²) in [7, 11) is 0. The van der Waals surface area contributed by atoms with Gasteiger partial charge in [-0.3, -0.25) is 0 Å². The molecule has 3 heterocycles. The monoisotopic (exact) mass is 313 g/mol. The van der Waals surface area contributed by atoms with Crippen molar-refractivity contribution in [2.45, 2.75) is 45.1 Å². The Balaban J connectivity index is 1.51. The minimum absolute atomic E-state index is 0.495. The normalized spacial score (nSPS) is 20.6. The Morgan fingerprint density at radius 1 is 1.22 bits per heavy atom. The summed E-state index contributed by atoms with van der Waals surface area (Å²) in [6.45, 7) is 4.59. The van der Waals surface area contributed by atoms with Crippen LogP contribution in [0.3, 0.4) is 0 Å². The molecule has 6 nitrogen and oxygen atoms in total. The molecular weight excluding hydrogens is 290 g/mol. The van der Waals surface area contributed by atoms with Crippen LogP contribution in [-0.4, -0.2) is 39.2 Å². The molecule has 0 amide bonds. The second kappa shape index (κ2) is 6.18. The van der Waals surface area contributed by atoms with E-state index < -0.39 is 0 Å². The van der Waals surface area contributed by atoms with Gasteiger partial charge in [0.2, 0.25) is 5.88 Å². The zero-order valence-corrected chi connectivity index (χ0v) is 13.6. The van der Waals surface area contributed by atoms with Crippen molar-refractivity contribution in [2.75, 3.05) is 24.6 Å². The fraction of sp³-hybridized carbons (Fsp3) is 0.588. The number of rotatable bonds is 4. The first-order valence-corrected chi connectivity index (χ1v) is 8.59. The highest BCUT2D eigenvalue weighted by molar-refractivity contribution is 5.42. The summed E-state index contributed by atoms with van der Waals surface area (Å²) >= 11 is 0. The van der Waals surface area contributed by atoms with E-state index in [0.717, 1.165) is 31.7 Å². The number of nitrogens with zero attached hydrogens (tertiary/aromatic N) is 5. The number of hydrogen-bond donors (Lipinski definition) is 0. The third kappa shape index (κ3) is 2.78. The number of imidazole rings is 1. The maximum Gasteiger partial charge on any atom is 0.218 e. The van der Waals surface area contributed by atoms with Gasteiger partial charge >= 0.3 is 0 Å². The number of anilines is 1. The molecule has 1 saturated heterocycles. The van der Waals surface area contributed by atoms with Gasteiger partial charge in [0.15, 0.2) is 0 Å². The number of aryl methyl sites for hydroxylation is 1. The van der Waals surface area contributed by atoms with E-state index in [9.17, 15) is 0 Å². The smallest absolute Gasteiger partial charge is 0.218 e. The Hall–Kier alpha value is -2.11. The summed E-state index contributed by atoms with van der Waals surface area (Å²) in [5.41, 5.74) is 2.77. The van der Waals surface area contributed by atoms with Crippen LogP contribution >= 0.6 is 0 Å². The SMILES string of the molecule is CCOc1cc(N2CC[C@H](n3cnc4c3CCCC4)C2)ncn1. The van der Waals surface area contributed by atoms with Crippen LogP contribution in [0.5, 0.6) is 5.88 Å². The first-order chi connectivity index (χ1) is 11.3. The highest BCUT2D eigenvalue weighted by Crippen LogP contribution is 2.30. The Morgan fingerprint density at radius 2 is 2.13 bits per heavy atom. The summed E-state index contributed by atoms with van der Waals surface area (Å²) in [4.78, 5) is 15.5. The molecule has 2 aliphatic rings. The molecule has 23 heavy (non-hydrogen) atoms. The molecule has 122 valence electrons. The molecule has 4 rings (SSSR count). The van der Waals surface area contributed by atoms with E-state index >= 15 is 0 Å². The van der Waals surface area contributed by atoms with Gasteiger partial charge in [-0.25, -0.2) is 15.0 Å². The summed E-state index contributed by atoms with van der Waals surface area (Å²) < 4.78 is 7.90. The lowest BCUT2D eigenvalue weighted by molar-refractivity contribution is 0.326. The van der Waals surface area contributed by atoms with Gasteiger partial charge in [0.05, 0.1) is 24.7 Å². The van der Waals surface area contributed by atoms with Crippen LogP contribution in [0.4, 0.5) is 5.82 Å². The Labute approximate surface area is 136 Å². The lowest BCUT2D eigenvalue weighted by atomic mass is 10.0. The van der Waals surface area contributed by atoms with Gasteiger partial charge in [0.25, 0.3) is 0 Å². The maximum absolute atomic E-state index is 5.49. The van der Waals surface area contributed by atoms with Crippen molar-refractivity contribution in [1.29, 1.82) is 0 Å². The van der Waals surface area contributed by atoms with Gasteiger partial charge in [-0.05, 0) is 39.0 Å². The molecule has 0 unspecified atom stereocenters. The summed E-state index contributed by atoms with van der Waals surface area (Å²) in [6, 6.07) is 2.43. The second-order valence-corrected chi connectivity index (χ2v) is 6.29. The molecule has 0 saturated carbocycles. The van der Waals surface area contributed by atoms with E-state index in [1.54, 1.807) is 6.33 Å². The molecule has 1 atom stereocenters. The molecule has 2 aromatic heterocycles. The predicted octanol–water partition coefficient (Wildman–Crippen LogP) is 2.40. The molecule has 0 N–H and O–H groups in total. The minimum atomic E-state index is 0.495. The van der Waals surface area contributed by atoms with E-state index in [1.807, 2.05) is 13.0 Å². The molecule has 0 aromatic carbocycles. The Bertz CT molecular complexity index is 683. The third-order valence-electron chi connectivity index (χ3n) is 4.86. The standard InChI is InChI=1S/C17H23N5O/c1-2-23-17-9-16(18-11-19-17)21-8-7-13(10-21)22-12-20-14-5-3-4-6-15(14)22/h9,11-13H,2-8,10H2,1H3/t13-/m0/s1. The topological polar surface area (TPSA) is 56.1 Å². The fourth-order valence-electron chi connectivity index (χ4n) is 3.71. The van der Waals surface area contributed by atoms with Crippen molar-refractivity contribution >= 4 is 5.82 Å². The van der Waals surface area contributed by atoms with Crippen molar-refractivity contribution in [2.24, 2.45) is 0 Å². The molecular formula is C17H23N5O. The molecule has 0 bridgehead atoms. The number of hydrogen-bond acceptors (Lipinski definition) is 5. The van der Waals surface area contributed by atoms with E-state index in [-0.39, 0.29) is 0 Å². The van der Waals surface area contributed by atoms with Crippen molar-refractivity contribution in [1.82, 2.24) is 19.5 Å². The maximum atomic E-state index is 5.49. The van der Waals surface area contributed by atoms with Crippen molar-refractivity contribution in [3.05, 3.63) is 30.1 Å². The lowest BCUT2D eigenvalue weighted by Gasteiger charge is -2.20. The van der Waals surface area contributed by atoms with Gasteiger partial charge < -0.3 is 14.2 Å². The van der Waals surface area contributed by atoms with Gasteiger partial charge in [-0.2, -0.15) is 0 Å². The van der Waals surface area contributed by atoms with E-state index in [1.165, 1.54) is 30.7 Å². The number of ether oxygens (including phenoxy) is 1. The van der Waals surface area contributed by atoms with Gasteiger partial charge in [0.1, 0.15) is 12.1 Å². The lowest BCUT2D eigenvalue weighted by Crippen LogP contribution is -2.22. The van der Waals surface area contributed by atoms with Crippen LogP contribution in [0.2, 0.25) is 0 Å². The summed E-state index contributed by atoms with van der Waals surface area (Å²) in [5, 5.41) is 0. The van der Waals surface area contributed by atoms with Crippen LogP contribution in [0.1, 0.15) is 43.6 Å². The zero-order chi connectivity index (χ0) is 15.6. The van der Waals surface area contributed by atoms with Gasteiger partial charge in [0, 0.05) is 24.8 Å². The molecule has 0 radical (unpaired) electrons. The van der Waals surface area contributed by atoms with Crippen molar-refractivity contribution < 1.29 is 4.74 Å². The van der Waals surface area contributed by atoms with E-state index in [0.29, 0.717) is 18.5 Å². The van der Waals surface area contributed by atoms with Crippen LogP contribution in [-0.2, 0) is 12.8 Å². The molecule has 6 heteroatoms. The number of fused-ring (bicyclic) bond motifs is 1. The summed E-state index contributed by atoms with van der Waals surface area (Å²) in [5.74, 6) is 1.61. The van der Waals surface area contributed by atoms with Gasteiger partial charge in [-0.1, -0.05) is 0 Å². The van der Waals surface area contributed by atoms with Crippen molar-refractivity contribution in [3.63, 3.8) is 0 Å². The second-order valence-electron chi connectivity index (χ2n) is 6.29. The van der Waals surface area contributed by atoms with E-state index in [4.69, 9.17) is 4.74 Å². The quantitative estimate of drug-likeness (QED) is 0.867. The molecule has 2 aromatic rings. The fourth-order valence-corrected chi connectivity index (χ4v) is 3.71. The average molecular weight is 313 g/mol. The van der Waals surface area contributed by atoms with Crippen LogP contribution in [0.25, 0.3) is 0 Å². The minimum Gasteiger partial charge on any atom is -0.478 e. The van der Waals surface area contributed by atoms with E-state index in [2.05, 4.69) is 30.7 Å². The molecule has 0 spiro atoms. The molecule has 1 aliphatic carbocycles. The first kappa shape index (κ1) is 14.5. The number of aromatic nitrogens is 4. The largest absolute Gasteiger partial charge is 0.478 e. The third-order valence-corrected chi connectivity index (χ3v) is 4.86. The van der Waals surface area contributed by atoms with Crippen molar-refractivity contribution in [3.8, 4) is 5.88 Å². The average Bonchev–Trinajstić information content (AvgIpc) is 3.22. The molecule has 1 fully saturated rings. The Kier molecular flexibility index (Phi) is 3.89. The zero-order valence-electron chi connectivity index (χ0n) is 13.6. The van der Waals surface area contributed by atoms with Gasteiger partial charge in [-0.15, -0.1) is 0 Å².